The minimum absolute atomic E-state index is 0.107. The zero-order chi connectivity index (χ0) is 15.3. The lowest BCUT2D eigenvalue weighted by molar-refractivity contribution is 0.0590. The Morgan fingerprint density at radius 3 is 2.65 bits per heavy atom. The van der Waals surface area contributed by atoms with Gasteiger partial charge in [-0.3, -0.25) is 0 Å². The van der Waals surface area contributed by atoms with Crippen LogP contribution in [0, 0.1) is 5.82 Å². The van der Waals surface area contributed by atoms with Gasteiger partial charge in [-0.2, -0.15) is 0 Å². The maximum atomic E-state index is 13.7. The van der Waals surface area contributed by atoms with E-state index in [4.69, 9.17) is 0 Å². The van der Waals surface area contributed by atoms with E-state index in [0.29, 0.717) is 0 Å². The van der Waals surface area contributed by atoms with Gasteiger partial charge in [-0.05, 0) is 26.1 Å². The van der Waals surface area contributed by atoms with Crippen LogP contribution in [0.5, 0.6) is 0 Å². The molecule has 20 heavy (non-hydrogen) atoms. The highest BCUT2D eigenvalue weighted by Crippen LogP contribution is 2.19. The summed E-state index contributed by atoms with van der Waals surface area (Å²) in [6.45, 7) is 1.88. The van der Waals surface area contributed by atoms with Crippen LogP contribution in [0.3, 0.4) is 0 Å². The van der Waals surface area contributed by atoms with Crippen LogP contribution in [0.4, 0.5) is 4.39 Å². The molecule has 1 unspecified atom stereocenters. The van der Waals surface area contributed by atoms with Crippen LogP contribution < -0.4 is 10.0 Å². The van der Waals surface area contributed by atoms with Gasteiger partial charge in [0, 0.05) is 12.6 Å². The quantitative estimate of drug-likeness (QED) is 0.748. The number of esters is 1. The number of methoxy groups -OCH3 is 1. The molecular weight excluding hydrogens is 287 g/mol. The summed E-state index contributed by atoms with van der Waals surface area (Å²) in [6, 6.07) is 3.26. The number of hydrogen-bond donors (Lipinski definition) is 2. The molecule has 0 aliphatic heterocycles. The molecule has 1 aromatic carbocycles. The SMILES string of the molecule is CNC(C)CNS(=O)(=O)c1cccc(F)c1C(=O)OC. The second kappa shape index (κ2) is 6.78. The zero-order valence-corrected chi connectivity index (χ0v) is 12.3. The van der Waals surface area contributed by atoms with Crippen LogP contribution >= 0.6 is 0 Å². The second-order valence-electron chi connectivity index (χ2n) is 4.15. The summed E-state index contributed by atoms with van der Waals surface area (Å²) in [5.74, 6) is -1.98. The van der Waals surface area contributed by atoms with Crippen LogP contribution in [0.2, 0.25) is 0 Å². The maximum absolute atomic E-state index is 13.7. The van der Waals surface area contributed by atoms with Gasteiger partial charge in [0.25, 0.3) is 0 Å². The van der Waals surface area contributed by atoms with Crippen molar-refractivity contribution in [1.82, 2.24) is 10.0 Å². The number of sulfonamides is 1. The largest absolute Gasteiger partial charge is 0.465 e. The summed E-state index contributed by atoms with van der Waals surface area (Å²) >= 11 is 0. The van der Waals surface area contributed by atoms with Gasteiger partial charge >= 0.3 is 5.97 Å². The lowest BCUT2D eigenvalue weighted by atomic mass is 10.2. The first kappa shape index (κ1) is 16.5. The maximum Gasteiger partial charge on any atom is 0.342 e. The molecule has 0 fully saturated rings. The minimum Gasteiger partial charge on any atom is -0.465 e. The minimum atomic E-state index is -4.00. The predicted molar refractivity (Wildman–Crippen MR) is 71.4 cm³/mol. The van der Waals surface area contributed by atoms with Crippen LogP contribution in [-0.4, -0.2) is 41.1 Å². The lowest BCUT2D eigenvalue weighted by Crippen LogP contribution is -2.37. The molecule has 1 aromatic rings. The van der Waals surface area contributed by atoms with Crippen molar-refractivity contribution < 1.29 is 22.3 Å². The first-order valence-electron chi connectivity index (χ1n) is 5.87. The summed E-state index contributed by atoms with van der Waals surface area (Å²) in [6.07, 6.45) is 0. The summed E-state index contributed by atoms with van der Waals surface area (Å²) < 4.78 is 44.7. The third-order valence-electron chi connectivity index (χ3n) is 2.73. The fourth-order valence-electron chi connectivity index (χ4n) is 1.44. The second-order valence-corrected chi connectivity index (χ2v) is 5.88. The van der Waals surface area contributed by atoms with Crippen molar-refractivity contribution in [3.8, 4) is 0 Å². The Morgan fingerprint density at radius 1 is 1.45 bits per heavy atom. The average Bonchev–Trinajstić information content (AvgIpc) is 2.43. The van der Waals surface area contributed by atoms with E-state index >= 15 is 0 Å². The molecule has 0 heterocycles. The Bertz CT molecular complexity index is 589. The molecule has 0 amide bonds. The lowest BCUT2D eigenvalue weighted by Gasteiger charge is -2.14. The molecule has 0 aliphatic carbocycles. The average molecular weight is 304 g/mol. The molecule has 0 bridgehead atoms. The van der Waals surface area contributed by atoms with Crippen molar-refractivity contribution in [3.63, 3.8) is 0 Å². The third-order valence-corrected chi connectivity index (χ3v) is 4.19. The van der Waals surface area contributed by atoms with E-state index in [1.165, 1.54) is 6.07 Å². The number of halogens is 1. The van der Waals surface area contributed by atoms with Gasteiger partial charge in [0.2, 0.25) is 10.0 Å². The molecule has 1 atom stereocenters. The fraction of sp³-hybridized carbons (Fsp3) is 0.417. The van der Waals surface area contributed by atoms with E-state index in [2.05, 4.69) is 14.8 Å². The molecule has 0 saturated carbocycles. The molecule has 112 valence electrons. The van der Waals surface area contributed by atoms with Crippen molar-refractivity contribution >= 4 is 16.0 Å². The highest BCUT2D eigenvalue weighted by atomic mass is 32.2. The van der Waals surface area contributed by atoms with Crippen molar-refractivity contribution in [2.45, 2.75) is 17.9 Å². The zero-order valence-electron chi connectivity index (χ0n) is 11.4. The van der Waals surface area contributed by atoms with Crippen LogP contribution in [0.15, 0.2) is 23.1 Å². The van der Waals surface area contributed by atoms with Crippen molar-refractivity contribution in [2.75, 3.05) is 20.7 Å². The van der Waals surface area contributed by atoms with Crippen molar-refractivity contribution in [3.05, 3.63) is 29.6 Å². The van der Waals surface area contributed by atoms with Crippen LogP contribution in [0.25, 0.3) is 0 Å². The van der Waals surface area contributed by atoms with Gasteiger partial charge < -0.3 is 10.1 Å². The van der Waals surface area contributed by atoms with E-state index in [-0.39, 0.29) is 12.6 Å². The molecule has 0 aromatic heterocycles. The number of carbonyl (C=O) groups is 1. The standard InChI is InChI=1S/C12H17FN2O4S/c1-8(14-2)7-15-20(17,18)10-6-4-5-9(13)11(10)12(16)19-3/h4-6,8,14-15H,7H2,1-3H3. The third kappa shape index (κ3) is 3.75. The van der Waals surface area contributed by atoms with E-state index in [1.54, 1.807) is 14.0 Å². The molecule has 8 heteroatoms. The first-order valence-corrected chi connectivity index (χ1v) is 7.35. The van der Waals surface area contributed by atoms with Gasteiger partial charge in [-0.15, -0.1) is 0 Å². The Kier molecular flexibility index (Phi) is 5.61. The summed E-state index contributed by atoms with van der Waals surface area (Å²) in [7, 11) is -1.27. The monoisotopic (exact) mass is 304 g/mol. The highest BCUT2D eigenvalue weighted by Gasteiger charge is 2.26. The van der Waals surface area contributed by atoms with Gasteiger partial charge in [0.15, 0.2) is 0 Å². The normalized spacial score (nSPS) is 13.0. The summed E-state index contributed by atoms with van der Waals surface area (Å²) in [5, 5.41) is 2.86. The number of carbonyl (C=O) groups excluding carboxylic acids is 1. The Morgan fingerprint density at radius 2 is 2.10 bits per heavy atom. The van der Waals surface area contributed by atoms with E-state index in [9.17, 15) is 17.6 Å². The van der Waals surface area contributed by atoms with Crippen LogP contribution in [-0.2, 0) is 14.8 Å². The topological polar surface area (TPSA) is 84.5 Å². The van der Waals surface area contributed by atoms with E-state index < -0.39 is 32.3 Å². The molecule has 2 N–H and O–H groups in total. The van der Waals surface area contributed by atoms with E-state index in [0.717, 1.165) is 19.2 Å². The van der Waals surface area contributed by atoms with E-state index in [1.807, 2.05) is 0 Å². The van der Waals surface area contributed by atoms with Gasteiger partial charge in [-0.25, -0.2) is 22.3 Å². The molecule has 1 rings (SSSR count). The summed E-state index contributed by atoms with van der Waals surface area (Å²) in [5.41, 5.74) is -0.598. The number of nitrogens with one attached hydrogen (secondary N) is 2. The van der Waals surface area contributed by atoms with Crippen molar-refractivity contribution in [1.29, 1.82) is 0 Å². The van der Waals surface area contributed by atoms with Gasteiger partial charge in [0.1, 0.15) is 11.4 Å². The Labute approximate surface area is 117 Å². The highest BCUT2D eigenvalue weighted by molar-refractivity contribution is 7.89. The molecule has 0 radical (unpaired) electrons. The number of likely N-dealkylation sites (N-methyl/N-ethyl adjacent to an activating group) is 1. The Balaban J connectivity index is 3.18. The number of benzene rings is 1. The van der Waals surface area contributed by atoms with Crippen LogP contribution in [0.1, 0.15) is 17.3 Å². The predicted octanol–water partition coefficient (Wildman–Crippen LogP) is 0.499. The first-order chi connectivity index (χ1) is 9.33. The Hall–Kier alpha value is -1.51. The number of hydrogen-bond acceptors (Lipinski definition) is 5. The molecular formula is C12H17FN2O4S. The van der Waals surface area contributed by atoms with Crippen molar-refractivity contribution in [2.24, 2.45) is 0 Å². The number of rotatable bonds is 6. The summed E-state index contributed by atoms with van der Waals surface area (Å²) in [4.78, 5) is 11.1. The number of ether oxygens (including phenoxy) is 1. The van der Waals surface area contributed by atoms with Gasteiger partial charge in [0.05, 0.1) is 12.0 Å². The van der Waals surface area contributed by atoms with Gasteiger partial charge in [-0.1, -0.05) is 6.07 Å². The smallest absolute Gasteiger partial charge is 0.342 e. The molecule has 0 saturated heterocycles. The fourth-order valence-corrected chi connectivity index (χ4v) is 2.78. The molecule has 6 nitrogen and oxygen atoms in total. The molecule has 0 aliphatic rings. The molecule has 0 spiro atoms.